The summed E-state index contributed by atoms with van der Waals surface area (Å²) in [4.78, 5) is 45.7. The lowest BCUT2D eigenvalue weighted by Crippen LogP contribution is -2.63. The maximum absolute atomic E-state index is 13.4. The highest BCUT2D eigenvalue weighted by Crippen LogP contribution is 2.26. The third-order valence-corrected chi connectivity index (χ3v) is 6.90. The average Bonchev–Trinajstić information content (AvgIpc) is 2.93. The van der Waals surface area contributed by atoms with Crippen molar-refractivity contribution < 1.29 is 28.2 Å². The van der Waals surface area contributed by atoms with Gasteiger partial charge in [-0.2, -0.15) is 4.73 Å². The van der Waals surface area contributed by atoms with Gasteiger partial charge in [0.05, 0.1) is 23.3 Å². The molecular weight excluding hydrogens is 531 g/mol. The number of hydrogen-bond acceptors (Lipinski definition) is 7. The van der Waals surface area contributed by atoms with Crippen LogP contribution in [0.2, 0.25) is 0 Å². The van der Waals surface area contributed by atoms with Gasteiger partial charge in [-0.1, -0.05) is 0 Å². The molecule has 0 spiro atoms. The number of carbonyl (C=O) groups excluding carboxylic acids is 3. The molecule has 1 fully saturated rings. The van der Waals surface area contributed by atoms with E-state index in [9.17, 15) is 24.0 Å². The molecule has 0 saturated carbocycles. The summed E-state index contributed by atoms with van der Waals surface area (Å²) >= 11 is 0. The molecule has 3 amide bonds. The molecule has 3 heterocycles. The Bertz CT molecular complexity index is 1410. The van der Waals surface area contributed by atoms with Crippen LogP contribution in [0.3, 0.4) is 0 Å². The van der Waals surface area contributed by atoms with Gasteiger partial charge in [-0.05, 0) is 57.2 Å². The Morgan fingerprint density at radius 2 is 1.83 bits per heavy atom. The Morgan fingerprint density at radius 3 is 2.46 bits per heavy atom. The molecule has 12 heteroatoms. The molecule has 2 aromatic heterocycles. The van der Waals surface area contributed by atoms with Gasteiger partial charge in [0, 0.05) is 38.7 Å². The highest BCUT2D eigenvalue weighted by atomic mass is 19.1. The number of halogens is 1. The molecule has 4 rings (SSSR count). The van der Waals surface area contributed by atoms with Crippen molar-refractivity contribution in [3.63, 3.8) is 0 Å². The predicted octanol–water partition coefficient (Wildman–Crippen LogP) is 2.85. The van der Waals surface area contributed by atoms with Gasteiger partial charge in [0.25, 0.3) is 5.91 Å². The fraction of sp³-hybridized carbons (Fsp3) is 0.345. The second kappa shape index (κ2) is 12.3. The van der Waals surface area contributed by atoms with Gasteiger partial charge >= 0.3 is 0 Å². The molecule has 0 bridgehead atoms. The number of hydrogen-bond donors (Lipinski definition) is 2. The van der Waals surface area contributed by atoms with Crippen LogP contribution in [0.1, 0.15) is 43.7 Å². The van der Waals surface area contributed by atoms with E-state index in [1.54, 1.807) is 24.0 Å². The molecule has 1 atom stereocenters. The van der Waals surface area contributed by atoms with E-state index in [1.165, 1.54) is 55.7 Å². The number of nitrogens with zero attached hydrogens (tertiary/aromatic N) is 4. The van der Waals surface area contributed by atoms with Crippen LogP contribution in [0.5, 0.6) is 11.5 Å². The summed E-state index contributed by atoms with van der Waals surface area (Å²) in [6, 6.07) is 11.4. The Balaban J connectivity index is 1.35. The molecule has 1 aromatic carbocycles. The first-order valence-electron chi connectivity index (χ1n) is 13.2. The second-order valence-electron chi connectivity index (χ2n) is 10.5. The van der Waals surface area contributed by atoms with Crippen LogP contribution in [0.15, 0.2) is 60.9 Å². The van der Waals surface area contributed by atoms with Crippen molar-refractivity contribution in [2.24, 2.45) is 0 Å². The van der Waals surface area contributed by atoms with Crippen molar-refractivity contribution in [3.8, 4) is 11.5 Å². The number of ether oxygens (including phenoxy) is 1. The predicted molar refractivity (Wildman–Crippen MR) is 148 cm³/mol. The minimum Gasteiger partial charge on any atom is -0.618 e. The Kier molecular flexibility index (Phi) is 8.82. The Labute approximate surface area is 237 Å². The molecular formula is C29H33FN6O5. The number of piperazine rings is 1. The summed E-state index contributed by atoms with van der Waals surface area (Å²) in [6.07, 6.45) is 2.73. The average molecular weight is 565 g/mol. The molecule has 1 aliphatic heterocycles. The fourth-order valence-corrected chi connectivity index (χ4v) is 4.62. The molecule has 216 valence electrons. The molecule has 41 heavy (non-hydrogen) atoms. The van der Waals surface area contributed by atoms with Crippen molar-refractivity contribution in [2.75, 3.05) is 25.0 Å². The smallest absolute Gasteiger partial charge is 0.254 e. The number of rotatable bonds is 8. The van der Waals surface area contributed by atoms with Crippen LogP contribution in [-0.2, 0) is 16.1 Å². The maximum atomic E-state index is 13.4. The summed E-state index contributed by atoms with van der Waals surface area (Å²) in [6.45, 7) is 8.32. The van der Waals surface area contributed by atoms with Crippen molar-refractivity contribution in [1.29, 1.82) is 0 Å². The first-order valence-corrected chi connectivity index (χ1v) is 13.2. The summed E-state index contributed by atoms with van der Waals surface area (Å²) < 4.78 is 19.3. The molecule has 1 saturated heterocycles. The van der Waals surface area contributed by atoms with Crippen LogP contribution < -0.4 is 20.1 Å². The molecule has 2 N–H and O–H groups in total. The van der Waals surface area contributed by atoms with Gasteiger partial charge in [-0.3, -0.25) is 19.3 Å². The third kappa shape index (κ3) is 7.34. The van der Waals surface area contributed by atoms with Gasteiger partial charge in [0.15, 0.2) is 6.20 Å². The van der Waals surface area contributed by atoms with Crippen LogP contribution in [0.25, 0.3) is 0 Å². The molecule has 1 aliphatic rings. The number of pyridine rings is 2. The third-order valence-electron chi connectivity index (χ3n) is 6.90. The molecule has 0 aliphatic carbocycles. The van der Waals surface area contributed by atoms with Gasteiger partial charge in [0.1, 0.15) is 29.7 Å². The Morgan fingerprint density at radius 1 is 1.12 bits per heavy atom. The number of aromatic nitrogens is 2. The van der Waals surface area contributed by atoms with Gasteiger partial charge in [-0.15, -0.1) is 0 Å². The van der Waals surface area contributed by atoms with Crippen LogP contribution in [0.4, 0.5) is 10.2 Å². The van der Waals surface area contributed by atoms with Crippen molar-refractivity contribution in [1.82, 2.24) is 20.1 Å². The summed E-state index contributed by atoms with van der Waals surface area (Å²) in [5.41, 5.74) is 0.00173. The zero-order valence-electron chi connectivity index (χ0n) is 23.4. The number of carbonyl (C=O) groups is 3. The van der Waals surface area contributed by atoms with E-state index >= 15 is 0 Å². The zero-order valence-corrected chi connectivity index (χ0v) is 23.4. The lowest BCUT2D eigenvalue weighted by molar-refractivity contribution is -0.614. The highest BCUT2D eigenvalue weighted by Gasteiger charge is 2.40. The quantitative estimate of drug-likeness (QED) is 0.318. The van der Waals surface area contributed by atoms with E-state index in [0.29, 0.717) is 47.2 Å². The van der Waals surface area contributed by atoms with Crippen LogP contribution in [0, 0.1) is 11.0 Å². The maximum Gasteiger partial charge on any atom is 0.254 e. The van der Waals surface area contributed by atoms with E-state index in [2.05, 4.69) is 15.6 Å². The lowest BCUT2D eigenvalue weighted by Gasteiger charge is -2.48. The zero-order chi connectivity index (χ0) is 29.7. The standard InChI is InChI=1S/C29H33FN6O5/c1-19(27(38)33-26-10-9-25(17-32-26)41-24-7-5-22(30)6-8-24)34-13-14-35(29(3,4)18-34)28(39)21-11-12-36(40)23(15-21)16-31-20(2)37/h5-12,15,17,19H,13-14,16,18H2,1-4H3,(H,31,37)(H,32,33,38)/t19-/m1/s1. The molecule has 0 unspecified atom stereocenters. The van der Waals surface area contributed by atoms with Crippen molar-refractivity contribution in [3.05, 3.63) is 83.2 Å². The van der Waals surface area contributed by atoms with E-state index < -0.39 is 11.6 Å². The van der Waals surface area contributed by atoms with Crippen molar-refractivity contribution >= 4 is 23.5 Å². The summed E-state index contributed by atoms with van der Waals surface area (Å²) in [7, 11) is 0. The highest BCUT2D eigenvalue weighted by molar-refractivity contribution is 5.95. The number of benzene rings is 1. The SMILES string of the molecule is CC(=O)NCc1cc(C(=O)N2CCN([C@H](C)C(=O)Nc3ccc(Oc4ccc(F)cc4)cn3)CC2(C)C)cc[n+]1[O-]. The second-order valence-corrected chi connectivity index (χ2v) is 10.5. The number of nitrogens with one attached hydrogen (secondary N) is 2. The normalized spacial score (nSPS) is 15.6. The first-order chi connectivity index (χ1) is 19.4. The minimum atomic E-state index is -0.609. The van der Waals surface area contributed by atoms with Crippen LogP contribution >= 0.6 is 0 Å². The summed E-state index contributed by atoms with van der Waals surface area (Å²) in [5.74, 6) is 0.148. The lowest BCUT2D eigenvalue weighted by atomic mass is 9.96. The van der Waals surface area contributed by atoms with E-state index in [1.807, 2.05) is 18.7 Å². The van der Waals surface area contributed by atoms with Crippen molar-refractivity contribution in [2.45, 2.75) is 45.8 Å². The molecule has 0 radical (unpaired) electrons. The van der Waals surface area contributed by atoms with Gasteiger partial charge in [-0.25, -0.2) is 9.37 Å². The van der Waals surface area contributed by atoms with Crippen LogP contribution in [-0.4, -0.2) is 63.7 Å². The summed E-state index contributed by atoms with van der Waals surface area (Å²) in [5, 5.41) is 17.5. The first kappa shape index (κ1) is 29.4. The Hall–Kier alpha value is -4.58. The fourth-order valence-electron chi connectivity index (χ4n) is 4.62. The van der Waals surface area contributed by atoms with E-state index in [-0.39, 0.29) is 35.8 Å². The number of amides is 3. The molecule has 3 aromatic rings. The minimum absolute atomic E-state index is 0.0165. The van der Waals surface area contributed by atoms with E-state index in [0.717, 1.165) is 0 Å². The largest absolute Gasteiger partial charge is 0.618 e. The van der Waals surface area contributed by atoms with Gasteiger partial charge < -0.3 is 25.5 Å². The topological polar surface area (TPSA) is 131 Å². The van der Waals surface area contributed by atoms with Gasteiger partial charge in [0.2, 0.25) is 17.5 Å². The monoisotopic (exact) mass is 564 g/mol. The number of anilines is 1. The molecule has 11 nitrogen and oxygen atoms in total. The van der Waals surface area contributed by atoms with E-state index in [4.69, 9.17) is 4.74 Å².